The van der Waals surface area contributed by atoms with Crippen molar-refractivity contribution in [1.82, 2.24) is 0 Å². The van der Waals surface area contributed by atoms with Gasteiger partial charge in [-0.15, -0.1) is 0 Å². The highest BCUT2D eigenvalue weighted by Gasteiger charge is 2.08. The Morgan fingerprint density at radius 2 is 1.37 bits per heavy atom. The van der Waals surface area contributed by atoms with E-state index in [4.69, 9.17) is 0 Å². The number of rotatable bonds is 4. The molecule has 0 bridgehead atoms. The maximum Gasteiger partial charge on any atom is 0.219 e. The summed E-state index contributed by atoms with van der Waals surface area (Å²) in [6.07, 6.45) is 0. The van der Waals surface area contributed by atoms with Gasteiger partial charge in [-0.1, -0.05) is 25.0 Å². The quantitative estimate of drug-likeness (QED) is 0.382. The van der Waals surface area contributed by atoms with Crippen molar-refractivity contribution in [3.05, 3.63) is 83.7 Å². The molecule has 0 fully saturated rings. The molecule has 0 heterocycles. The van der Waals surface area contributed by atoms with E-state index in [0.717, 1.165) is 28.4 Å². The molecule has 0 spiro atoms. The lowest BCUT2D eigenvalue weighted by atomic mass is 10.2. The zero-order valence-corrected chi connectivity index (χ0v) is 16.6. The van der Waals surface area contributed by atoms with Crippen molar-refractivity contribution in [2.75, 3.05) is 0 Å². The standard InChI is InChI=1S/C22H17FO2S2/c1-14(2)21(24)26-18-10-6-16(7-11-18)5-8-17-9-12-19(13-20(17)23)27-22(25)15(3)4/h6-7,9-13H,1,3H2,2,4H3. The van der Waals surface area contributed by atoms with Crippen molar-refractivity contribution in [3.63, 3.8) is 0 Å². The summed E-state index contributed by atoms with van der Waals surface area (Å²) in [6.45, 7) is 10.5. The molecule has 136 valence electrons. The Morgan fingerprint density at radius 1 is 0.852 bits per heavy atom. The number of hydrogen-bond donors (Lipinski definition) is 0. The first kappa shape index (κ1) is 20.8. The summed E-state index contributed by atoms with van der Waals surface area (Å²) in [5, 5.41) is -0.282. The zero-order valence-electron chi connectivity index (χ0n) is 15.0. The van der Waals surface area contributed by atoms with E-state index in [1.807, 2.05) is 0 Å². The molecule has 0 amide bonds. The summed E-state index contributed by atoms with van der Waals surface area (Å²) in [5.41, 5.74) is 1.86. The topological polar surface area (TPSA) is 34.1 Å². The third-order valence-corrected chi connectivity index (χ3v) is 5.32. The number of benzene rings is 2. The van der Waals surface area contributed by atoms with Gasteiger partial charge in [0.15, 0.2) is 0 Å². The zero-order chi connectivity index (χ0) is 20.0. The van der Waals surface area contributed by atoms with Gasteiger partial charge in [0.2, 0.25) is 10.2 Å². The van der Waals surface area contributed by atoms with Crippen LogP contribution in [0.1, 0.15) is 25.0 Å². The van der Waals surface area contributed by atoms with Crippen molar-refractivity contribution in [2.24, 2.45) is 0 Å². The summed E-state index contributed by atoms with van der Waals surface area (Å²) in [5.74, 6) is 5.20. The molecule has 0 aliphatic heterocycles. The van der Waals surface area contributed by atoms with Crippen LogP contribution in [0.5, 0.6) is 0 Å². The van der Waals surface area contributed by atoms with Crippen LogP contribution in [-0.4, -0.2) is 10.2 Å². The Labute approximate surface area is 166 Å². The second kappa shape index (κ2) is 9.40. The first-order chi connectivity index (χ1) is 12.8. The van der Waals surface area contributed by atoms with Gasteiger partial charge in [0.05, 0.1) is 5.56 Å². The predicted octanol–water partition coefficient (Wildman–Crippen LogP) is 5.62. The molecule has 2 rings (SSSR count). The Hall–Kier alpha value is -2.55. The Kier molecular flexibility index (Phi) is 7.23. The van der Waals surface area contributed by atoms with Gasteiger partial charge in [-0.05, 0) is 91.0 Å². The molecule has 2 nitrogen and oxygen atoms in total. The Bertz CT molecular complexity index is 980. The molecular weight excluding hydrogens is 379 g/mol. The van der Waals surface area contributed by atoms with Gasteiger partial charge in [0.1, 0.15) is 5.82 Å². The number of carbonyl (C=O) groups is 2. The average molecular weight is 397 g/mol. The number of hydrogen-bond acceptors (Lipinski definition) is 4. The maximum absolute atomic E-state index is 14.2. The van der Waals surface area contributed by atoms with E-state index in [1.54, 1.807) is 50.2 Å². The first-order valence-electron chi connectivity index (χ1n) is 7.93. The molecule has 0 N–H and O–H groups in total. The van der Waals surface area contributed by atoms with E-state index >= 15 is 0 Å². The molecule has 5 heteroatoms. The van der Waals surface area contributed by atoms with Crippen molar-refractivity contribution in [3.8, 4) is 11.8 Å². The van der Waals surface area contributed by atoms with Gasteiger partial charge in [-0.2, -0.15) is 0 Å². The SMILES string of the molecule is C=C(C)C(=O)Sc1ccc(C#Cc2ccc(SC(=O)C(=C)C)cc2F)cc1. The number of halogens is 1. The fourth-order valence-corrected chi connectivity index (χ4v) is 3.14. The molecule has 27 heavy (non-hydrogen) atoms. The number of thioether (sulfide) groups is 2. The second-order valence-electron chi connectivity index (χ2n) is 5.76. The summed E-state index contributed by atoms with van der Waals surface area (Å²) in [7, 11) is 0. The van der Waals surface area contributed by atoms with E-state index in [9.17, 15) is 14.0 Å². The Morgan fingerprint density at radius 3 is 1.89 bits per heavy atom. The normalized spacial score (nSPS) is 9.89. The van der Waals surface area contributed by atoms with Gasteiger partial charge in [-0.3, -0.25) is 9.59 Å². The highest BCUT2D eigenvalue weighted by molar-refractivity contribution is 8.14. The van der Waals surface area contributed by atoms with Crippen LogP contribution in [0.25, 0.3) is 0 Å². The van der Waals surface area contributed by atoms with Gasteiger partial charge in [0.25, 0.3) is 0 Å². The molecule has 0 radical (unpaired) electrons. The third-order valence-electron chi connectivity index (χ3n) is 3.25. The van der Waals surface area contributed by atoms with Gasteiger partial charge < -0.3 is 0 Å². The van der Waals surface area contributed by atoms with Gasteiger partial charge >= 0.3 is 0 Å². The minimum Gasteiger partial charge on any atom is -0.282 e. The molecule has 2 aromatic rings. The van der Waals surface area contributed by atoms with E-state index < -0.39 is 5.82 Å². The Balaban J connectivity index is 2.11. The fraction of sp³-hybridized carbons (Fsp3) is 0.0909. The molecule has 0 aliphatic carbocycles. The van der Waals surface area contributed by atoms with Crippen molar-refractivity contribution >= 4 is 33.8 Å². The lowest BCUT2D eigenvalue weighted by molar-refractivity contribution is -0.108. The van der Waals surface area contributed by atoms with Crippen LogP contribution in [0.4, 0.5) is 4.39 Å². The minimum absolute atomic E-state index is 0.0843. The molecule has 0 unspecified atom stereocenters. The number of carbonyl (C=O) groups excluding carboxylic acids is 2. The minimum atomic E-state index is -0.485. The smallest absolute Gasteiger partial charge is 0.219 e. The van der Waals surface area contributed by atoms with E-state index in [2.05, 4.69) is 25.0 Å². The summed E-state index contributed by atoms with van der Waals surface area (Å²) in [6, 6.07) is 11.6. The first-order valence-corrected chi connectivity index (χ1v) is 9.56. The summed E-state index contributed by atoms with van der Waals surface area (Å²) in [4.78, 5) is 24.6. The molecule has 0 aliphatic rings. The summed E-state index contributed by atoms with van der Waals surface area (Å²) >= 11 is 2.04. The van der Waals surface area contributed by atoms with Crippen LogP contribution >= 0.6 is 23.5 Å². The molecular formula is C22H17FO2S2. The van der Waals surface area contributed by atoms with Crippen LogP contribution in [0.3, 0.4) is 0 Å². The highest BCUT2D eigenvalue weighted by Crippen LogP contribution is 2.24. The van der Waals surface area contributed by atoms with Crippen molar-refractivity contribution in [1.29, 1.82) is 0 Å². The van der Waals surface area contributed by atoms with Crippen LogP contribution in [-0.2, 0) is 9.59 Å². The predicted molar refractivity (Wildman–Crippen MR) is 110 cm³/mol. The monoisotopic (exact) mass is 396 g/mol. The largest absolute Gasteiger partial charge is 0.282 e. The van der Waals surface area contributed by atoms with E-state index in [0.29, 0.717) is 21.6 Å². The van der Waals surface area contributed by atoms with Gasteiger partial charge in [0, 0.05) is 15.4 Å². The van der Waals surface area contributed by atoms with Crippen LogP contribution < -0.4 is 0 Å². The lowest BCUT2D eigenvalue weighted by Crippen LogP contribution is -1.92. The van der Waals surface area contributed by atoms with E-state index in [1.165, 1.54) is 6.07 Å². The molecule has 2 aromatic carbocycles. The maximum atomic E-state index is 14.2. The van der Waals surface area contributed by atoms with Gasteiger partial charge in [-0.25, -0.2) is 4.39 Å². The van der Waals surface area contributed by atoms with Crippen molar-refractivity contribution in [2.45, 2.75) is 23.6 Å². The summed E-state index contributed by atoms with van der Waals surface area (Å²) < 4.78 is 14.2. The highest BCUT2D eigenvalue weighted by atomic mass is 32.2. The molecule has 0 atom stereocenters. The van der Waals surface area contributed by atoms with Crippen molar-refractivity contribution < 1.29 is 14.0 Å². The van der Waals surface area contributed by atoms with Crippen LogP contribution in [0.2, 0.25) is 0 Å². The molecule has 0 aromatic heterocycles. The molecule has 0 saturated carbocycles. The average Bonchev–Trinajstić information content (AvgIpc) is 2.62. The fourth-order valence-electron chi connectivity index (χ4n) is 1.79. The molecule has 0 saturated heterocycles. The lowest BCUT2D eigenvalue weighted by Gasteiger charge is -2.02. The van der Waals surface area contributed by atoms with Crippen LogP contribution in [0, 0.1) is 17.7 Å². The third kappa shape index (κ3) is 6.28. The van der Waals surface area contributed by atoms with Crippen LogP contribution in [0.15, 0.2) is 76.6 Å². The van der Waals surface area contributed by atoms with E-state index in [-0.39, 0.29) is 15.8 Å². The second-order valence-corrected chi connectivity index (χ2v) is 7.85.